The Morgan fingerprint density at radius 3 is 0.914 bits per heavy atom. The summed E-state index contributed by atoms with van der Waals surface area (Å²) in [6, 6.07) is 45.7. The fourth-order valence-corrected chi connectivity index (χ4v) is 13.7. The molecule has 180 valence electrons. The minimum atomic E-state index is -2.41. The summed E-state index contributed by atoms with van der Waals surface area (Å²) >= 11 is 0. The Morgan fingerprint density at radius 2 is 0.686 bits per heavy atom. The second-order valence-electron chi connectivity index (χ2n) is 8.84. The van der Waals surface area contributed by atoms with Gasteiger partial charge in [-0.1, -0.05) is 128 Å². The van der Waals surface area contributed by atoms with Gasteiger partial charge in [-0.3, -0.25) is 0 Å². The summed E-state index contributed by atoms with van der Waals surface area (Å²) < 4.78 is 13.6. The van der Waals surface area contributed by atoms with E-state index in [0.29, 0.717) is 13.2 Å². The van der Waals surface area contributed by atoms with Crippen molar-refractivity contribution in [1.82, 2.24) is 0 Å². The second-order valence-corrected chi connectivity index (χ2v) is 16.0. The molecule has 0 heterocycles. The number of hydrogen-bond donors (Lipinski definition) is 0. The van der Waals surface area contributed by atoms with E-state index in [-0.39, 0.29) is 0 Å². The number of hydrogen-bond acceptors (Lipinski definition) is 2. The molecule has 0 aromatic heterocycles. The van der Waals surface area contributed by atoms with Crippen LogP contribution in [0.1, 0.15) is 20.3 Å². The highest BCUT2D eigenvalue weighted by molar-refractivity contribution is 6.99. The average Bonchev–Trinajstić information content (AvgIpc) is 2.94. The van der Waals surface area contributed by atoms with E-state index in [0.717, 1.165) is 18.5 Å². The van der Waals surface area contributed by atoms with Gasteiger partial charge in [-0.05, 0) is 46.7 Å². The quantitative estimate of drug-likeness (QED) is 0.258. The van der Waals surface area contributed by atoms with Gasteiger partial charge in [0.05, 0.1) is 0 Å². The second kappa shape index (κ2) is 12.3. The van der Waals surface area contributed by atoms with Crippen LogP contribution < -0.4 is 20.7 Å². The van der Waals surface area contributed by atoms with E-state index in [4.69, 9.17) is 8.85 Å². The van der Waals surface area contributed by atoms with Crippen molar-refractivity contribution >= 4 is 37.4 Å². The molecule has 0 aliphatic carbocycles. The van der Waals surface area contributed by atoms with Gasteiger partial charge in [-0.2, -0.15) is 0 Å². The van der Waals surface area contributed by atoms with E-state index in [1.807, 2.05) is 0 Å². The maximum atomic E-state index is 6.80. The predicted octanol–water partition coefficient (Wildman–Crippen LogP) is 4.97. The molecule has 4 heteroatoms. The van der Waals surface area contributed by atoms with Crippen molar-refractivity contribution in [2.24, 2.45) is 0 Å². The van der Waals surface area contributed by atoms with Gasteiger partial charge in [0.15, 0.2) is 0 Å². The maximum Gasteiger partial charge on any atom is 0.255 e. The van der Waals surface area contributed by atoms with Crippen LogP contribution in [0.15, 0.2) is 121 Å². The van der Waals surface area contributed by atoms with E-state index in [1.165, 1.54) is 20.7 Å². The van der Waals surface area contributed by atoms with E-state index in [1.54, 1.807) is 0 Å². The van der Waals surface area contributed by atoms with Crippen LogP contribution >= 0.6 is 0 Å². The summed E-state index contributed by atoms with van der Waals surface area (Å²) in [5.74, 6) is 0. The Bertz CT molecular complexity index is 964. The lowest BCUT2D eigenvalue weighted by molar-refractivity contribution is 0.333. The van der Waals surface area contributed by atoms with E-state index in [2.05, 4.69) is 135 Å². The molecule has 0 spiro atoms. The average molecular weight is 497 g/mol. The van der Waals surface area contributed by atoms with Gasteiger partial charge < -0.3 is 8.85 Å². The monoisotopic (exact) mass is 496 g/mol. The van der Waals surface area contributed by atoms with Crippen LogP contribution in [0.2, 0.25) is 12.1 Å². The summed E-state index contributed by atoms with van der Waals surface area (Å²) in [7, 11) is -4.81. The van der Waals surface area contributed by atoms with Crippen LogP contribution in [-0.2, 0) is 8.85 Å². The maximum absolute atomic E-state index is 6.80. The lowest BCUT2D eigenvalue weighted by atomic mass is 10.4. The first kappa shape index (κ1) is 25.3. The Labute approximate surface area is 212 Å². The van der Waals surface area contributed by atoms with Crippen molar-refractivity contribution in [3.05, 3.63) is 121 Å². The molecule has 0 aliphatic heterocycles. The van der Waals surface area contributed by atoms with Crippen LogP contribution in [0.25, 0.3) is 0 Å². The van der Waals surface area contributed by atoms with Crippen LogP contribution in [-0.4, -0.2) is 29.8 Å². The van der Waals surface area contributed by atoms with Crippen molar-refractivity contribution in [2.75, 3.05) is 13.2 Å². The van der Waals surface area contributed by atoms with Gasteiger partial charge in [0.25, 0.3) is 16.6 Å². The minimum absolute atomic E-state index is 0.710. The van der Waals surface area contributed by atoms with Crippen LogP contribution in [0.4, 0.5) is 0 Å². The minimum Gasteiger partial charge on any atom is -0.408 e. The third-order valence-electron chi connectivity index (χ3n) is 6.80. The van der Waals surface area contributed by atoms with Gasteiger partial charge in [0.1, 0.15) is 0 Å². The van der Waals surface area contributed by atoms with Crippen LogP contribution in [0, 0.1) is 0 Å². The molecule has 0 unspecified atom stereocenters. The van der Waals surface area contributed by atoms with Crippen molar-refractivity contribution < 1.29 is 8.85 Å². The third-order valence-corrected chi connectivity index (χ3v) is 15.5. The lowest BCUT2D eigenvalue weighted by Crippen LogP contribution is -2.63. The molecule has 0 aliphatic rings. The molecular weight excluding hydrogens is 461 g/mol. The van der Waals surface area contributed by atoms with E-state index >= 15 is 0 Å². The highest BCUT2D eigenvalue weighted by Gasteiger charge is 2.43. The highest BCUT2D eigenvalue weighted by atomic mass is 28.4. The summed E-state index contributed by atoms with van der Waals surface area (Å²) in [6.07, 6.45) is 1.05. The number of benzene rings is 4. The topological polar surface area (TPSA) is 18.5 Å². The smallest absolute Gasteiger partial charge is 0.255 e. The van der Waals surface area contributed by atoms with Gasteiger partial charge in [-0.15, -0.1) is 0 Å². The first-order valence-corrected chi connectivity index (χ1v) is 17.0. The zero-order chi connectivity index (χ0) is 24.4. The van der Waals surface area contributed by atoms with Crippen LogP contribution in [0.3, 0.4) is 0 Å². The fourth-order valence-electron chi connectivity index (χ4n) is 5.30. The van der Waals surface area contributed by atoms with Crippen molar-refractivity contribution in [1.29, 1.82) is 0 Å². The highest BCUT2D eigenvalue weighted by Crippen LogP contribution is 2.23. The molecule has 0 bridgehead atoms. The Morgan fingerprint density at radius 1 is 0.429 bits per heavy atom. The van der Waals surface area contributed by atoms with Crippen molar-refractivity contribution in [2.45, 2.75) is 32.4 Å². The fraction of sp³-hybridized carbons (Fsp3) is 0.226. The van der Waals surface area contributed by atoms with Gasteiger partial charge in [-0.25, -0.2) is 0 Å². The Hall–Kier alpha value is -2.77. The first-order valence-electron chi connectivity index (χ1n) is 12.7. The molecule has 0 radical (unpaired) electrons. The molecule has 4 aromatic rings. The molecule has 0 fully saturated rings. The SMILES string of the molecule is CCO[Si](CCC[Si](OCC)(c1ccccc1)c1ccccc1)(c1ccccc1)c1ccccc1. The molecule has 0 saturated heterocycles. The third kappa shape index (κ3) is 5.57. The number of rotatable bonds is 12. The normalized spacial score (nSPS) is 11.9. The zero-order valence-electron chi connectivity index (χ0n) is 20.9. The van der Waals surface area contributed by atoms with E-state index < -0.39 is 16.6 Å². The molecule has 0 N–H and O–H groups in total. The van der Waals surface area contributed by atoms with Gasteiger partial charge in [0.2, 0.25) is 0 Å². The van der Waals surface area contributed by atoms with Crippen LogP contribution in [0.5, 0.6) is 0 Å². The van der Waals surface area contributed by atoms with Gasteiger partial charge in [0, 0.05) is 13.2 Å². The van der Waals surface area contributed by atoms with Gasteiger partial charge >= 0.3 is 0 Å². The molecule has 0 atom stereocenters. The standard InChI is InChI=1S/C31H36O2Si2/c1-3-32-34(28-18-9-5-10-19-28,29-20-11-6-12-21-29)26-17-27-35(33-4-2,30-22-13-7-14-23-30)31-24-15-8-16-25-31/h5-16,18-25H,3-4,17,26-27H2,1-2H3. The molecule has 35 heavy (non-hydrogen) atoms. The summed E-state index contributed by atoms with van der Waals surface area (Å²) in [5, 5.41) is 5.37. The molecule has 0 amide bonds. The summed E-state index contributed by atoms with van der Waals surface area (Å²) in [4.78, 5) is 0. The predicted molar refractivity (Wildman–Crippen MR) is 153 cm³/mol. The Balaban J connectivity index is 1.73. The van der Waals surface area contributed by atoms with E-state index in [9.17, 15) is 0 Å². The molecular formula is C31H36O2Si2. The first-order chi connectivity index (χ1) is 17.2. The van der Waals surface area contributed by atoms with Crippen molar-refractivity contribution in [3.63, 3.8) is 0 Å². The summed E-state index contributed by atoms with van der Waals surface area (Å²) in [6.45, 7) is 5.67. The van der Waals surface area contributed by atoms with Crippen molar-refractivity contribution in [3.8, 4) is 0 Å². The summed E-state index contributed by atoms with van der Waals surface area (Å²) in [5.41, 5.74) is 0. The molecule has 0 saturated carbocycles. The largest absolute Gasteiger partial charge is 0.408 e. The Kier molecular flexibility index (Phi) is 8.88. The lowest BCUT2D eigenvalue weighted by Gasteiger charge is -2.35. The molecule has 4 aromatic carbocycles. The molecule has 4 rings (SSSR count). The zero-order valence-corrected chi connectivity index (χ0v) is 22.9. The molecule has 2 nitrogen and oxygen atoms in total.